The lowest BCUT2D eigenvalue weighted by molar-refractivity contribution is 0.596. The van der Waals surface area contributed by atoms with Crippen LogP contribution in [0.2, 0.25) is 0 Å². The Morgan fingerprint density at radius 3 is 2.92 bits per heavy atom. The highest BCUT2D eigenvalue weighted by Crippen LogP contribution is 2.21. The predicted molar refractivity (Wildman–Crippen MR) is 49.2 cm³/mol. The van der Waals surface area contributed by atoms with E-state index in [0.29, 0.717) is 6.04 Å². The number of hydrogen-bond donors (Lipinski definition) is 0. The highest BCUT2D eigenvalue weighted by molar-refractivity contribution is 5.56. The first-order valence-corrected chi connectivity index (χ1v) is 4.20. The monoisotopic (exact) mass is 160 g/mol. The zero-order valence-corrected chi connectivity index (χ0v) is 7.36. The van der Waals surface area contributed by atoms with Crippen LogP contribution in [-0.4, -0.2) is 9.55 Å². The molecule has 0 aromatic heterocycles. The van der Waals surface area contributed by atoms with Gasteiger partial charge in [0.1, 0.15) is 5.82 Å². The summed E-state index contributed by atoms with van der Waals surface area (Å²) in [6.45, 7) is 4.32. The summed E-state index contributed by atoms with van der Waals surface area (Å²) in [4.78, 5) is 4.30. The first-order chi connectivity index (χ1) is 5.79. The standard InChI is InChI=1S/C10H12N2/c1-8(2)12-7-3-4-9-5-6-11-10(9)12/h3-8H,1-2H3. The van der Waals surface area contributed by atoms with Crippen LogP contribution in [0.3, 0.4) is 0 Å². The second kappa shape index (κ2) is 2.63. The van der Waals surface area contributed by atoms with Gasteiger partial charge in [-0.3, -0.25) is 0 Å². The first-order valence-electron chi connectivity index (χ1n) is 4.20. The van der Waals surface area contributed by atoms with Gasteiger partial charge in [0, 0.05) is 24.0 Å². The Morgan fingerprint density at radius 1 is 1.33 bits per heavy atom. The average Bonchev–Trinajstić information content (AvgIpc) is 2.49. The smallest absolute Gasteiger partial charge is 0.140 e. The van der Waals surface area contributed by atoms with E-state index in [9.17, 15) is 0 Å². The van der Waals surface area contributed by atoms with Gasteiger partial charge in [0.25, 0.3) is 0 Å². The van der Waals surface area contributed by atoms with Gasteiger partial charge < -0.3 is 4.57 Å². The van der Waals surface area contributed by atoms with Crippen LogP contribution >= 0.6 is 0 Å². The normalized spacial score (nSPS) is 11.2. The second-order valence-electron chi connectivity index (χ2n) is 3.23. The van der Waals surface area contributed by atoms with Crippen LogP contribution in [0.15, 0.2) is 30.6 Å². The summed E-state index contributed by atoms with van der Waals surface area (Å²) in [6, 6.07) is 6.66. The van der Waals surface area contributed by atoms with Crippen LogP contribution in [0.5, 0.6) is 0 Å². The molecule has 0 N–H and O–H groups in total. The molecule has 0 aromatic rings. The van der Waals surface area contributed by atoms with Crippen LogP contribution in [-0.2, 0) is 0 Å². The highest BCUT2D eigenvalue weighted by atomic mass is 15.1. The van der Waals surface area contributed by atoms with Gasteiger partial charge in [0.05, 0.1) is 0 Å². The van der Waals surface area contributed by atoms with Crippen LogP contribution in [0, 0.1) is 0 Å². The van der Waals surface area contributed by atoms with E-state index in [-0.39, 0.29) is 0 Å². The molecule has 12 heavy (non-hydrogen) atoms. The molecule has 0 amide bonds. The molecular weight excluding hydrogens is 148 g/mol. The molecule has 0 aromatic carbocycles. The molecule has 2 aliphatic rings. The predicted octanol–water partition coefficient (Wildman–Crippen LogP) is 2.57. The van der Waals surface area contributed by atoms with Gasteiger partial charge in [-0.2, -0.15) is 0 Å². The fraction of sp³-hybridized carbons (Fsp3) is 0.300. The number of rotatable bonds is 1. The van der Waals surface area contributed by atoms with Gasteiger partial charge in [-0.05, 0) is 32.0 Å². The molecule has 0 bridgehead atoms. The Bertz CT molecular complexity index is 349. The van der Waals surface area contributed by atoms with Crippen molar-refractivity contribution in [1.29, 1.82) is 0 Å². The van der Waals surface area contributed by atoms with Crippen LogP contribution in [0.25, 0.3) is 11.4 Å². The molecule has 0 spiro atoms. The lowest BCUT2D eigenvalue weighted by Gasteiger charge is -2.14. The van der Waals surface area contributed by atoms with E-state index in [1.165, 1.54) is 5.56 Å². The number of hydrogen-bond acceptors (Lipinski definition) is 1. The lowest BCUT2D eigenvalue weighted by Crippen LogP contribution is -2.04. The maximum atomic E-state index is 4.30. The van der Waals surface area contributed by atoms with Crippen molar-refractivity contribution >= 4 is 0 Å². The van der Waals surface area contributed by atoms with Crippen LogP contribution in [0.1, 0.15) is 19.9 Å². The van der Waals surface area contributed by atoms with Gasteiger partial charge in [-0.1, -0.05) is 0 Å². The molecule has 0 unspecified atom stereocenters. The molecule has 0 atom stereocenters. The van der Waals surface area contributed by atoms with E-state index >= 15 is 0 Å². The lowest BCUT2D eigenvalue weighted by atomic mass is 10.2. The van der Waals surface area contributed by atoms with Crippen LogP contribution in [0.4, 0.5) is 0 Å². The van der Waals surface area contributed by atoms with E-state index < -0.39 is 0 Å². The Kier molecular flexibility index (Phi) is 1.61. The molecule has 0 fully saturated rings. The second-order valence-corrected chi connectivity index (χ2v) is 3.23. The van der Waals surface area contributed by atoms with Crippen molar-refractivity contribution in [2.24, 2.45) is 0 Å². The topological polar surface area (TPSA) is 17.8 Å². The Hall–Kier alpha value is -1.31. The van der Waals surface area contributed by atoms with E-state index in [1.807, 2.05) is 12.3 Å². The molecule has 2 aliphatic heterocycles. The summed E-state index contributed by atoms with van der Waals surface area (Å²) in [5.41, 5.74) is 1.21. The van der Waals surface area contributed by atoms with Crippen molar-refractivity contribution in [2.45, 2.75) is 19.9 Å². The summed E-state index contributed by atoms with van der Waals surface area (Å²) in [6.07, 6.45) is 3.92. The molecule has 2 rings (SSSR count). The average molecular weight is 160 g/mol. The zero-order valence-electron chi connectivity index (χ0n) is 7.36. The number of aromatic nitrogens is 2. The Morgan fingerprint density at radius 2 is 2.17 bits per heavy atom. The molecule has 2 nitrogen and oxygen atoms in total. The molecule has 2 heterocycles. The van der Waals surface area contributed by atoms with E-state index in [1.54, 1.807) is 0 Å². The van der Waals surface area contributed by atoms with Gasteiger partial charge in [-0.15, -0.1) is 0 Å². The molecule has 0 radical (unpaired) electrons. The van der Waals surface area contributed by atoms with Crippen molar-refractivity contribution in [1.82, 2.24) is 9.55 Å². The third kappa shape index (κ3) is 0.998. The largest absolute Gasteiger partial charge is 0.330 e. The van der Waals surface area contributed by atoms with Gasteiger partial charge in [0.2, 0.25) is 0 Å². The fourth-order valence-corrected chi connectivity index (χ4v) is 1.41. The molecule has 0 aliphatic carbocycles. The number of nitrogens with zero attached hydrogens (tertiary/aromatic N) is 2. The quantitative estimate of drug-likeness (QED) is 0.627. The first kappa shape index (κ1) is 7.35. The summed E-state index contributed by atoms with van der Waals surface area (Å²) < 4.78 is 2.18. The summed E-state index contributed by atoms with van der Waals surface area (Å²) in [5, 5.41) is 0. The minimum atomic E-state index is 0.476. The van der Waals surface area contributed by atoms with Gasteiger partial charge in [-0.25, -0.2) is 4.98 Å². The number of pyridine rings is 1. The molecule has 62 valence electrons. The summed E-state index contributed by atoms with van der Waals surface area (Å²) >= 11 is 0. The Balaban J connectivity index is 2.63. The molecule has 0 saturated heterocycles. The molecular formula is C10H12N2. The highest BCUT2D eigenvalue weighted by Gasteiger charge is 2.08. The third-order valence-corrected chi connectivity index (χ3v) is 2.03. The minimum Gasteiger partial charge on any atom is -0.330 e. The van der Waals surface area contributed by atoms with E-state index in [2.05, 4.69) is 41.7 Å². The fourth-order valence-electron chi connectivity index (χ4n) is 1.41. The summed E-state index contributed by atoms with van der Waals surface area (Å²) in [5.74, 6) is 1.08. The third-order valence-electron chi connectivity index (χ3n) is 2.03. The molecule has 0 saturated carbocycles. The van der Waals surface area contributed by atoms with Crippen LogP contribution < -0.4 is 0 Å². The van der Waals surface area contributed by atoms with Crippen molar-refractivity contribution in [3.63, 3.8) is 0 Å². The van der Waals surface area contributed by atoms with Crippen molar-refractivity contribution in [3.05, 3.63) is 30.6 Å². The van der Waals surface area contributed by atoms with Gasteiger partial charge in [0.15, 0.2) is 0 Å². The maximum Gasteiger partial charge on any atom is 0.140 e. The van der Waals surface area contributed by atoms with E-state index in [0.717, 1.165) is 5.82 Å². The van der Waals surface area contributed by atoms with Crippen molar-refractivity contribution < 1.29 is 0 Å². The van der Waals surface area contributed by atoms with Crippen molar-refractivity contribution in [2.75, 3.05) is 0 Å². The van der Waals surface area contributed by atoms with E-state index in [4.69, 9.17) is 0 Å². The zero-order chi connectivity index (χ0) is 8.55. The molecule has 2 heteroatoms. The Labute approximate surface area is 72.2 Å². The SMILES string of the molecule is CC(C)n1cccc2ccnc1-2. The minimum absolute atomic E-state index is 0.476. The summed E-state index contributed by atoms with van der Waals surface area (Å²) in [7, 11) is 0. The maximum absolute atomic E-state index is 4.30. The van der Waals surface area contributed by atoms with Crippen molar-refractivity contribution in [3.8, 4) is 11.4 Å². The number of fused-ring (bicyclic) bond motifs is 1. The van der Waals surface area contributed by atoms with Gasteiger partial charge >= 0.3 is 0 Å².